The molecule has 1 N–H and O–H groups in total. The number of halogens is 3. The Bertz CT molecular complexity index is 1430. The molecule has 0 aliphatic rings. The van der Waals surface area contributed by atoms with Crippen LogP contribution in [0.5, 0.6) is 0 Å². The van der Waals surface area contributed by atoms with E-state index in [-0.39, 0.29) is 24.6 Å². The number of anilines is 1. The van der Waals surface area contributed by atoms with Crippen LogP contribution < -0.4 is 9.62 Å². The van der Waals surface area contributed by atoms with Crippen molar-refractivity contribution in [3.63, 3.8) is 0 Å². The molecule has 40 heavy (non-hydrogen) atoms. The van der Waals surface area contributed by atoms with E-state index in [4.69, 9.17) is 34.8 Å². The van der Waals surface area contributed by atoms with Crippen molar-refractivity contribution in [1.29, 1.82) is 0 Å². The Morgan fingerprint density at radius 1 is 0.900 bits per heavy atom. The number of rotatable bonds is 12. The molecule has 214 valence electrons. The molecule has 1 atom stereocenters. The SMILES string of the molecule is CCCNC(=O)C(Cc1ccccc1)N(Cc1c(Cl)cccc1Cl)C(=O)CN(c1cccc(Cl)c1C)S(C)(=O)=O. The quantitative estimate of drug-likeness (QED) is 0.272. The Balaban J connectivity index is 2.12. The van der Waals surface area contributed by atoms with Crippen LogP contribution in [0.25, 0.3) is 0 Å². The van der Waals surface area contributed by atoms with Gasteiger partial charge in [-0.05, 0) is 48.7 Å². The van der Waals surface area contributed by atoms with E-state index >= 15 is 0 Å². The number of amides is 2. The van der Waals surface area contributed by atoms with Gasteiger partial charge in [-0.15, -0.1) is 0 Å². The van der Waals surface area contributed by atoms with Crippen molar-refractivity contribution < 1.29 is 18.0 Å². The van der Waals surface area contributed by atoms with Gasteiger partial charge in [-0.3, -0.25) is 13.9 Å². The van der Waals surface area contributed by atoms with Crippen molar-refractivity contribution in [3.8, 4) is 0 Å². The highest BCUT2D eigenvalue weighted by Crippen LogP contribution is 2.30. The molecule has 2 amide bonds. The number of hydrogen-bond acceptors (Lipinski definition) is 4. The summed E-state index contributed by atoms with van der Waals surface area (Å²) >= 11 is 19.2. The van der Waals surface area contributed by atoms with Gasteiger partial charge in [-0.1, -0.05) is 84.2 Å². The summed E-state index contributed by atoms with van der Waals surface area (Å²) in [4.78, 5) is 29.0. The van der Waals surface area contributed by atoms with E-state index in [0.717, 1.165) is 16.1 Å². The number of carbonyl (C=O) groups excluding carboxylic acids is 2. The first-order valence-corrected chi connectivity index (χ1v) is 15.7. The smallest absolute Gasteiger partial charge is 0.244 e. The molecule has 3 aromatic rings. The first-order chi connectivity index (χ1) is 18.9. The summed E-state index contributed by atoms with van der Waals surface area (Å²) in [5.41, 5.74) is 2.05. The van der Waals surface area contributed by atoms with E-state index < -0.39 is 28.5 Å². The lowest BCUT2D eigenvalue weighted by atomic mass is 10.0. The van der Waals surface area contributed by atoms with E-state index in [1.165, 1.54) is 4.90 Å². The first-order valence-electron chi connectivity index (χ1n) is 12.7. The van der Waals surface area contributed by atoms with Crippen molar-refractivity contribution in [2.24, 2.45) is 0 Å². The monoisotopic (exact) mass is 623 g/mol. The fourth-order valence-corrected chi connectivity index (χ4v) is 5.82. The molecule has 3 rings (SSSR count). The number of hydrogen-bond donors (Lipinski definition) is 1. The largest absolute Gasteiger partial charge is 0.354 e. The Hall–Kier alpha value is -2.78. The number of benzene rings is 3. The predicted octanol–water partition coefficient (Wildman–Crippen LogP) is 5.89. The number of nitrogens with zero attached hydrogens (tertiary/aromatic N) is 2. The van der Waals surface area contributed by atoms with Crippen LogP contribution in [0.3, 0.4) is 0 Å². The second-order valence-corrected chi connectivity index (χ2v) is 12.5. The second-order valence-electron chi connectivity index (χ2n) is 9.37. The summed E-state index contributed by atoms with van der Waals surface area (Å²) in [5, 5.41) is 3.89. The third-order valence-electron chi connectivity index (χ3n) is 6.40. The Morgan fingerprint density at radius 3 is 2.10 bits per heavy atom. The van der Waals surface area contributed by atoms with E-state index in [1.807, 2.05) is 37.3 Å². The van der Waals surface area contributed by atoms with Gasteiger partial charge in [0.15, 0.2) is 0 Å². The number of carbonyl (C=O) groups is 2. The average Bonchev–Trinajstić information content (AvgIpc) is 2.91. The van der Waals surface area contributed by atoms with Gasteiger partial charge in [-0.2, -0.15) is 0 Å². The minimum atomic E-state index is -3.92. The summed E-state index contributed by atoms with van der Waals surface area (Å²) < 4.78 is 26.9. The van der Waals surface area contributed by atoms with Crippen LogP contribution in [-0.4, -0.2) is 50.5 Å². The van der Waals surface area contributed by atoms with Gasteiger partial charge in [-0.25, -0.2) is 8.42 Å². The Morgan fingerprint density at radius 2 is 1.50 bits per heavy atom. The van der Waals surface area contributed by atoms with Gasteiger partial charge in [0.05, 0.1) is 11.9 Å². The van der Waals surface area contributed by atoms with Gasteiger partial charge in [0.25, 0.3) is 0 Å². The van der Waals surface area contributed by atoms with Crippen LogP contribution in [0, 0.1) is 6.92 Å². The fourth-order valence-electron chi connectivity index (χ4n) is 4.23. The number of sulfonamides is 1. The van der Waals surface area contributed by atoms with Gasteiger partial charge >= 0.3 is 0 Å². The van der Waals surface area contributed by atoms with Crippen LogP contribution >= 0.6 is 34.8 Å². The normalized spacial score (nSPS) is 12.1. The third kappa shape index (κ3) is 8.13. The highest BCUT2D eigenvalue weighted by atomic mass is 35.5. The van der Waals surface area contributed by atoms with E-state index in [9.17, 15) is 18.0 Å². The van der Waals surface area contributed by atoms with Crippen LogP contribution in [0.2, 0.25) is 15.1 Å². The predicted molar refractivity (Wildman–Crippen MR) is 163 cm³/mol. The molecule has 0 heterocycles. The molecule has 0 radical (unpaired) electrons. The summed E-state index contributed by atoms with van der Waals surface area (Å²) in [6.45, 7) is 3.35. The zero-order valence-electron chi connectivity index (χ0n) is 22.5. The maximum Gasteiger partial charge on any atom is 0.244 e. The molecule has 1 unspecified atom stereocenters. The maximum atomic E-state index is 14.1. The third-order valence-corrected chi connectivity index (χ3v) is 8.64. The van der Waals surface area contributed by atoms with E-state index in [0.29, 0.717) is 39.2 Å². The summed E-state index contributed by atoms with van der Waals surface area (Å²) in [6.07, 6.45) is 1.91. The lowest BCUT2D eigenvalue weighted by Gasteiger charge is -2.34. The molecule has 11 heteroatoms. The maximum absolute atomic E-state index is 14.1. The average molecular weight is 625 g/mol. The van der Waals surface area contributed by atoms with Crippen molar-refractivity contribution in [2.45, 2.75) is 39.3 Å². The molecule has 0 aliphatic carbocycles. The van der Waals surface area contributed by atoms with Crippen molar-refractivity contribution in [1.82, 2.24) is 10.2 Å². The first kappa shape index (κ1) is 31.7. The Labute approximate surface area is 251 Å². The van der Waals surface area contributed by atoms with Gasteiger partial charge in [0, 0.05) is 40.1 Å². The van der Waals surface area contributed by atoms with E-state index in [1.54, 1.807) is 43.3 Å². The second kappa shape index (κ2) is 14.2. The van der Waals surface area contributed by atoms with Crippen molar-refractivity contribution >= 4 is 62.3 Å². The zero-order chi connectivity index (χ0) is 29.4. The van der Waals surface area contributed by atoms with Crippen LogP contribution in [0.1, 0.15) is 30.0 Å². The summed E-state index contributed by atoms with van der Waals surface area (Å²) in [5.74, 6) is -0.972. The lowest BCUT2D eigenvalue weighted by Crippen LogP contribution is -2.53. The molecule has 0 aliphatic heterocycles. The molecular weight excluding hydrogens is 593 g/mol. The fraction of sp³-hybridized carbons (Fsp3) is 0.310. The van der Waals surface area contributed by atoms with Crippen molar-refractivity contribution in [2.75, 3.05) is 23.7 Å². The standard InChI is InChI=1S/C29H32Cl3N3O4S/c1-4-16-33-29(37)27(17-21-10-6-5-7-11-21)34(18-22-24(31)13-8-14-25(22)32)28(36)19-35(40(3,38)39)26-15-9-12-23(30)20(26)2/h5-15,27H,4,16-19H2,1-3H3,(H,33,37). The minimum Gasteiger partial charge on any atom is -0.354 e. The van der Waals surface area contributed by atoms with Gasteiger partial charge in [0.2, 0.25) is 21.8 Å². The van der Waals surface area contributed by atoms with Crippen LogP contribution in [-0.2, 0) is 32.6 Å². The Kier molecular flexibility index (Phi) is 11.3. The molecule has 0 fully saturated rings. The van der Waals surface area contributed by atoms with Gasteiger partial charge < -0.3 is 10.2 Å². The molecule has 0 spiro atoms. The van der Waals surface area contributed by atoms with Crippen molar-refractivity contribution in [3.05, 3.63) is 98.5 Å². The molecule has 0 bridgehead atoms. The summed E-state index contributed by atoms with van der Waals surface area (Å²) in [7, 11) is -3.92. The molecule has 7 nitrogen and oxygen atoms in total. The number of nitrogens with one attached hydrogen (secondary N) is 1. The molecular formula is C29H32Cl3N3O4S. The molecule has 3 aromatic carbocycles. The van der Waals surface area contributed by atoms with Crippen LogP contribution in [0.4, 0.5) is 5.69 Å². The van der Waals surface area contributed by atoms with E-state index in [2.05, 4.69) is 5.32 Å². The van der Waals surface area contributed by atoms with Gasteiger partial charge in [0.1, 0.15) is 12.6 Å². The molecule has 0 saturated carbocycles. The zero-order valence-corrected chi connectivity index (χ0v) is 25.6. The highest BCUT2D eigenvalue weighted by Gasteiger charge is 2.34. The topological polar surface area (TPSA) is 86.8 Å². The highest BCUT2D eigenvalue weighted by molar-refractivity contribution is 7.92. The minimum absolute atomic E-state index is 0.111. The molecule has 0 aromatic heterocycles. The van der Waals surface area contributed by atoms with Crippen LogP contribution in [0.15, 0.2) is 66.7 Å². The molecule has 0 saturated heterocycles. The summed E-state index contributed by atoms with van der Waals surface area (Å²) in [6, 6.07) is 18.1. The lowest BCUT2D eigenvalue weighted by molar-refractivity contribution is -0.140.